The van der Waals surface area contributed by atoms with Gasteiger partial charge >= 0.3 is 5.97 Å². The predicted octanol–water partition coefficient (Wildman–Crippen LogP) is 1.80. The predicted molar refractivity (Wildman–Crippen MR) is 67.8 cm³/mol. The number of anilines is 1. The van der Waals surface area contributed by atoms with E-state index in [-0.39, 0.29) is 11.8 Å². The normalized spacial score (nSPS) is 9.94. The van der Waals surface area contributed by atoms with Gasteiger partial charge in [-0.1, -0.05) is 0 Å². The van der Waals surface area contributed by atoms with Gasteiger partial charge in [-0.15, -0.1) is 11.6 Å². The highest BCUT2D eigenvalue weighted by atomic mass is 35.5. The molecule has 0 heterocycles. The molecule has 1 aromatic rings. The summed E-state index contributed by atoms with van der Waals surface area (Å²) in [5, 5.41) is 2.58. The first-order valence-electron chi connectivity index (χ1n) is 5.17. The Bertz CT molecular complexity index is 448. The zero-order valence-electron chi connectivity index (χ0n) is 10.2. The minimum absolute atomic E-state index is 0.151. The van der Waals surface area contributed by atoms with E-state index in [0.29, 0.717) is 17.9 Å². The number of hydrogen-bond donors (Lipinski definition) is 1. The first kappa shape index (κ1) is 14.5. The van der Waals surface area contributed by atoms with Crippen molar-refractivity contribution < 1.29 is 19.1 Å². The number of benzene rings is 1. The van der Waals surface area contributed by atoms with E-state index in [0.717, 1.165) is 5.56 Å². The Labute approximate surface area is 110 Å². The van der Waals surface area contributed by atoms with E-state index in [9.17, 15) is 9.59 Å². The lowest BCUT2D eigenvalue weighted by atomic mass is 10.1. The number of rotatable bonds is 5. The highest BCUT2D eigenvalue weighted by molar-refractivity contribution is 6.29. The maximum atomic E-state index is 11.5. The minimum atomic E-state index is -0.477. The van der Waals surface area contributed by atoms with Crippen LogP contribution in [0.15, 0.2) is 18.2 Å². The van der Waals surface area contributed by atoms with Crippen molar-refractivity contribution in [3.05, 3.63) is 29.3 Å². The molecule has 0 aromatic heterocycles. The SMILES string of the molecule is COCc1cc(NC(=O)CCl)cc(C(=O)OC)c1. The van der Waals surface area contributed by atoms with Crippen molar-refractivity contribution in [2.75, 3.05) is 25.4 Å². The molecule has 0 bridgehead atoms. The van der Waals surface area contributed by atoms with Crippen LogP contribution in [0.4, 0.5) is 5.69 Å². The fourth-order valence-corrected chi connectivity index (χ4v) is 1.51. The van der Waals surface area contributed by atoms with Crippen LogP contribution in [0.2, 0.25) is 0 Å². The van der Waals surface area contributed by atoms with Crippen LogP contribution in [0.1, 0.15) is 15.9 Å². The standard InChI is InChI=1S/C12H14ClNO4/c1-17-7-8-3-9(12(16)18-2)5-10(4-8)14-11(15)6-13/h3-5H,6-7H2,1-2H3,(H,14,15). The Balaban J connectivity index is 3.05. The lowest BCUT2D eigenvalue weighted by molar-refractivity contribution is -0.113. The van der Waals surface area contributed by atoms with Crippen molar-refractivity contribution in [2.45, 2.75) is 6.61 Å². The Morgan fingerprint density at radius 1 is 1.28 bits per heavy atom. The van der Waals surface area contributed by atoms with Gasteiger partial charge in [-0.2, -0.15) is 0 Å². The minimum Gasteiger partial charge on any atom is -0.465 e. The molecular weight excluding hydrogens is 258 g/mol. The molecule has 0 aliphatic carbocycles. The molecule has 0 aliphatic rings. The van der Waals surface area contributed by atoms with Crippen LogP contribution >= 0.6 is 11.6 Å². The van der Waals surface area contributed by atoms with E-state index < -0.39 is 5.97 Å². The summed E-state index contributed by atoms with van der Waals surface area (Å²) in [6, 6.07) is 4.88. The molecule has 0 aliphatic heterocycles. The van der Waals surface area contributed by atoms with Crippen molar-refractivity contribution in [1.82, 2.24) is 0 Å². The molecule has 18 heavy (non-hydrogen) atoms. The van der Waals surface area contributed by atoms with Gasteiger partial charge in [-0.05, 0) is 23.8 Å². The third-order valence-electron chi connectivity index (χ3n) is 2.13. The second-order valence-electron chi connectivity index (χ2n) is 3.53. The van der Waals surface area contributed by atoms with Gasteiger partial charge < -0.3 is 14.8 Å². The van der Waals surface area contributed by atoms with Crippen LogP contribution < -0.4 is 5.32 Å². The summed E-state index contributed by atoms with van der Waals surface area (Å²) in [7, 11) is 2.84. The summed E-state index contributed by atoms with van der Waals surface area (Å²) in [5.74, 6) is -0.974. The molecular formula is C12H14ClNO4. The first-order valence-corrected chi connectivity index (χ1v) is 5.71. The maximum Gasteiger partial charge on any atom is 0.337 e. The first-order chi connectivity index (χ1) is 8.60. The van der Waals surface area contributed by atoms with Gasteiger partial charge in [0.25, 0.3) is 0 Å². The summed E-state index contributed by atoms with van der Waals surface area (Å²) in [6.45, 7) is 0.328. The highest BCUT2D eigenvalue weighted by Gasteiger charge is 2.10. The molecule has 1 rings (SSSR count). The maximum absolute atomic E-state index is 11.5. The smallest absolute Gasteiger partial charge is 0.337 e. The largest absolute Gasteiger partial charge is 0.465 e. The molecule has 0 saturated heterocycles. The molecule has 0 radical (unpaired) electrons. The van der Waals surface area contributed by atoms with Crippen LogP contribution in [0.3, 0.4) is 0 Å². The number of nitrogens with one attached hydrogen (secondary N) is 1. The van der Waals surface area contributed by atoms with Gasteiger partial charge in [0.05, 0.1) is 19.3 Å². The Morgan fingerprint density at radius 2 is 2.00 bits per heavy atom. The van der Waals surface area contributed by atoms with Gasteiger partial charge in [0, 0.05) is 12.8 Å². The average Bonchev–Trinajstić information content (AvgIpc) is 2.37. The molecule has 0 atom stereocenters. The van der Waals surface area contributed by atoms with E-state index in [4.69, 9.17) is 16.3 Å². The summed E-state index contributed by atoms with van der Waals surface area (Å²) < 4.78 is 9.63. The molecule has 98 valence electrons. The second-order valence-corrected chi connectivity index (χ2v) is 3.79. The zero-order valence-corrected chi connectivity index (χ0v) is 10.9. The van der Waals surface area contributed by atoms with E-state index in [1.165, 1.54) is 13.2 Å². The van der Waals surface area contributed by atoms with Crippen LogP contribution in [-0.2, 0) is 20.9 Å². The lowest BCUT2D eigenvalue weighted by Gasteiger charge is -2.09. The Kier molecular flexibility index (Phi) is 5.61. The number of alkyl halides is 1. The molecule has 0 fully saturated rings. The number of amides is 1. The van der Waals surface area contributed by atoms with Gasteiger partial charge in [-0.3, -0.25) is 4.79 Å². The van der Waals surface area contributed by atoms with Crippen molar-refractivity contribution in [3.63, 3.8) is 0 Å². The van der Waals surface area contributed by atoms with Crippen LogP contribution in [0, 0.1) is 0 Å². The quantitative estimate of drug-likeness (QED) is 0.655. The van der Waals surface area contributed by atoms with Gasteiger partial charge in [0.1, 0.15) is 5.88 Å². The van der Waals surface area contributed by atoms with Crippen molar-refractivity contribution >= 4 is 29.2 Å². The Hall–Kier alpha value is -1.59. The topological polar surface area (TPSA) is 64.6 Å². The lowest BCUT2D eigenvalue weighted by Crippen LogP contribution is -2.14. The van der Waals surface area contributed by atoms with Crippen LogP contribution in [-0.4, -0.2) is 32.0 Å². The number of halogens is 1. The van der Waals surface area contributed by atoms with E-state index in [1.807, 2.05) is 0 Å². The van der Waals surface area contributed by atoms with Crippen molar-refractivity contribution in [2.24, 2.45) is 0 Å². The van der Waals surface area contributed by atoms with Gasteiger partial charge in [0.2, 0.25) is 5.91 Å². The number of carbonyl (C=O) groups is 2. The number of esters is 1. The molecule has 1 N–H and O–H groups in total. The van der Waals surface area contributed by atoms with Crippen LogP contribution in [0.25, 0.3) is 0 Å². The highest BCUT2D eigenvalue weighted by Crippen LogP contribution is 2.17. The molecule has 0 saturated carbocycles. The van der Waals surface area contributed by atoms with E-state index >= 15 is 0 Å². The zero-order chi connectivity index (χ0) is 13.5. The fourth-order valence-electron chi connectivity index (χ4n) is 1.44. The summed E-state index contributed by atoms with van der Waals surface area (Å²) in [5.41, 5.74) is 1.58. The molecule has 0 unspecified atom stereocenters. The number of methoxy groups -OCH3 is 2. The van der Waals surface area contributed by atoms with Crippen molar-refractivity contribution in [3.8, 4) is 0 Å². The monoisotopic (exact) mass is 271 g/mol. The molecule has 0 spiro atoms. The number of carbonyl (C=O) groups excluding carboxylic acids is 2. The molecule has 5 nitrogen and oxygen atoms in total. The number of hydrogen-bond acceptors (Lipinski definition) is 4. The fraction of sp³-hybridized carbons (Fsp3) is 0.333. The summed E-state index contributed by atoms with van der Waals surface area (Å²) >= 11 is 5.40. The summed E-state index contributed by atoms with van der Waals surface area (Å²) in [4.78, 5) is 22.7. The molecule has 1 amide bonds. The third-order valence-corrected chi connectivity index (χ3v) is 2.37. The van der Waals surface area contributed by atoms with E-state index in [2.05, 4.69) is 10.1 Å². The van der Waals surface area contributed by atoms with Crippen molar-refractivity contribution in [1.29, 1.82) is 0 Å². The molecule has 1 aromatic carbocycles. The second kappa shape index (κ2) is 6.98. The number of ether oxygens (including phenoxy) is 2. The molecule has 6 heteroatoms. The van der Waals surface area contributed by atoms with E-state index in [1.54, 1.807) is 19.2 Å². The Morgan fingerprint density at radius 3 is 2.56 bits per heavy atom. The average molecular weight is 272 g/mol. The van der Waals surface area contributed by atoms with Gasteiger partial charge in [-0.25, -0.2) is 4.79 Å². The van der Waals surface area contributed by atoms with Gasteiger partial charge in [0.15, 0.2) is 0 Å². The van der Waals surface area contributed by atoms with Crippen LogP contribution in [0.5, 0.6) is 0 Å². The summed E-state index contributed by atoms with van der Waals surface area (Å²) in [6.07, 6.45) is 0. The third kappa shape index (κ3) is 4.01.